The number of imide groups is 1. The van der Waals surface area contributed by atoms with Crippen molar-refractivity contribution in [3.8, 4) is 11.8 Å². The van der Waals surface area contributed by atoms with E-state index >= 15 is 0 Å². The first kappa shape index (κ1) is 21.2. The van der Waals surface area contributed by atoms with Gasteiger partial charge in [-0.15, -0.1) is 0 Å². The van der Waals surface area contributed by atoms with Gasteiger partial charge in [-0.25, -0.2) is 0 Å². The van der Waals surface area contributed by atoms with Gasteiger partial charge < -0.3 is 5.73 Å². The minimum atomic E-state index is -4.54. The van der Waals surface area contributed by atoms with Gasteiger partial charge >= 0.3 is 6.18 Å². The number of halogens is 3. The number of amides is 2. The molecule has 1 aliphatic rings. The normalized spacial score (nSPS) is 12.9. The lowest BCUT2D eigenvalue weighted by atomic mass is 10.1. The number of pyridine rings is 1. The van der Waals surface area contributed by atoms with Crippen LogP contribution in [-0.2, 0) is 6.18 Å². The van der Waals surface area contributed by atoms with Crippen LogP contribution in [0, 0.1) is 11.3 Å². The van der Waals surface area contributed by atoms with Crippen LogP contribution in [0.4, 0.5) is 19.0 Å². The van der Waals surface area contributed by atoms with Crippen molar-refractivity contribution in [2.75, 3.05) is 5.73 Å². The van der Waals surface area contributed by atoms with Crippen molar-refractivity contribution in [3.05, 3.63) is 81.1 Å². The van der Waals surface area contributed by atoms with E-state index in [-0.39, 0.29) is 33.1 Å². The number of alkyl halides is 3. The smallest absolute Gasteiger partial charge is 0.384 e. The summed E-state index contributed by atoms with van der Waals surface area (Å²) < 4.78 is 40.2. The largest absolute Gasteiger partial charge is 0.416 e. The molecule has 0 saturated carbocycles. The molecular formula is C21H11F3N4O3S. The van der Waals surface area contributed by atoms with Crippen molar-refractivity contribution in [2.45, 2.75) is 16.0 Å². The number of anilines is 1. The Labute approximate surface area is 182 Å². The Bertz CT molecular complexity index is 1410. The summed E-state index contributed by atoms with van der Waals surface area (Å²) >= 11 is 0.918. The van der Waals surface area contributed by atoms with Crippen molar-refractivity contribution < 1.29 is 22.8 Å². The third kappa shape index (κ3) is 3.61. The molecule has 3 N–H and O–H groups in total. The Balaban J connectivity index is 1.90. The molecule has 0 bridgehead atoms. The number of nitrogens with two attached hydrogens (primary N) is 1. The number of carbonyl (C=O) groups is 2. The van der Waals surface area contributed by atoms with E-state index < -0.39 is 29.1 Å². The molecule has 0 fully saturated rings. The molecule has 3 aromatic rings. The number of hydrogen-bond donors (Lipinski definition) is 2. The molecule has 0 saturated heterocycles. The zero-order valence-corrected chi connectivity index (χ0v) is 16.7. The van der Waals surface area contributed by atoms with Crippen LogP contribution in [0.25, 0.3) is 5.69 Å². The molecule has 2 aromatic carbocycles. The highest BCUT2D eigenvalue weighted by atomic mass is 32.2. The Kier molecular flexibility index (Phi) is 5.02. The Morgan fingerprint density at radius 1 is 1.03 bits per heavy atom. The lowest BCUT2D eigenvalue weighted by Gasteiger charge is -2.16. The highest BCUT2D eigenvalue weighted by Crippen LogP contribution is 2.37. The van der Waals surface area contributed by atoms with Gasteiger partial charge in [-0.2, -0.15) is 18.4 Å². The molecule has 2 heterocycles. The highest BCUT2D eigenvalue weighted by Gasteiger charge is 2.33. The molecule has 1 aliphatic heterocycles. The van der Waals surface area contributed by atoms with E-state index in [4.69, 9.17) is 5.73 Å². The van der Waals surface area contributed by atoms with Gasteiger partial charge in [-0.05, 0) is 36.4 Å². The summed E-state index contributed by atoms with van der Waals surface area (Å²) in [7, 11) is 0. The molecule has 0 spiro atoms. The quantitative estimate of drug-likeness (QED) is 0.584. The number of nitrogen functional groups attached to an aromatic ring is 1. The summed E-state index contributed by atoms with van der Waals surface area (Å²) in [6, 6.07) is 11.7. The summed E-state index contributed by atoms with van der Waals surface area (Å²) in [5.74, 6) is -1.86. The summed E-state index contributed by atoms with van der Waals surface area (Å²) in [6.07, 6.45) is -4.54. The molecule has 2 amide bonds. The number of nitrogens with one attached hydrogen (secondary N) is 1. The highest BCUT2D eigenvalue weighted by molar-refractivity contribution is 7.99. The number of carbonyl (C=O) groups excluding carboxylic acids is 2. The first-order valence-electron chi connectivity index (χ1n) is 8.91. The monoisotopic (exact) mass is 456 g/mol. The first-order chi connectivity index (χ1) is 15.1. The van der Waals surface area contributed by atoms with Crippen LogP contribution in [0.5, 0.6) is 0 Å². The fourth-order valence-corrected chi connectivity index (χ4v) is 4.22. The van der Waals surface area contributed by atoms with Crippen LogP contribution in [0.3, 0.4) is 0 Å². The van der Waals surface area contributed by atoms with Crippen LogP contribution in [0.15, 0.2) is 63.1 Å². The van der Waals surface area contributed by atoms with E-state index in [0.717, 1.165) is 34.5 Å². The van der Waals surface area contributed by atoms with Gasteiger partial charge in [0.15, 0.2) is 0 Å². The fourth-order valence-electron chi connectivity index (χ4n) is 3.24. The number of rotatable bonds is 3. The van der Waals surface area contributed by atoms with Crippen molar-refractivity contribution >= 4 is 29.4 Å². The van der Waals surface area contributed by atoms with Crippen molar-refractivity contribution in [1.82, 2.24) is 9.88 Å². The number of nitriles is 1. The van der Waals surface area contributed by atoms with Gasteiger partial charge in [0.05, 0.1) is 34.0 Å². The second-order valence-corrected chi connectivity index (χ2v) is 7.81. The van der Waals surface area contributed by atoms with E-state index in [1.165, 1.54) is 30.3 Å². The summed E-state index contributed by atoms with van der Waals surface area (Å²) in [6.45, 7) is 0. The number of aromatic nitrogens is 1. The van der Waals surface area contributed by atoms with Crippen LogP contribution in [0.1, 0.15) is 31.8 Å². The summed E-state index contributed by atoms with van der Waals surface area (Å²) in [4.78, 5) is 37.3. The molecule has 11 heteroatoms. The van der Waals surface area contributed by atoms with Crippen LogP contribution in [-0.4, -0.2) is 16.4 Å². The minimum absolute atomic E-state index is 0.0870. The SMILES string of the molecule is N#Cc1ccc(Sc2cccc(C(F)(F)F)c2)c(-n2c(N)c3c(cc2=O)C(=O)NC3=O)c1. The first-order valence-corrected chi connectivity index (χ1v) is 9.72. The molecule has 1 aromatic heterocycles. The topological polar surface area (TPSA) is 118 Å². The minimum Gasteiger partial charge on any atom is -0.384 e. The van der Waals surface area contributed by atoms with Crippen molar-refractivity contribution in [1.29, 1.82) is 5.26 Å². The Hall–Kier alpha value is -4.04. The Morgan fingerprint density at radius 3 is 2.47 bits per heavy atom. The number of nitrogens with zero attached hydrogens (tertiary/aromatic N) is 2. The fraction of sp³-hybridized carbons (Fsp3) is 0.0476. The number of fused-ring (bicyclic) bond motifs is 1. The molecule has 0 aliphatic carbocycles. The zero-order valence-electron chi connectivity index (χ0n) is 15.9. The summed E-state index contributed by atoms with van der Waals surface area (Å²) in [5, 5.41) is 11.3. The van der Waals surface area contributed by atoms with E-state index in [0.29, 0.717) is 4.90 Å². The molecule has 32 heavy (non-hydrogen) atoms. The van der Waals surface area contributed by atoms with Crippen LogP contribution >= 0.6 is 11.8 Å². The van der Waals surface area contributed by atoms with Crippen molar-refractivity contribution in [3.63, 3.8) is 0 Å². The molecule has 7 nitrogen and oxygen atoms in total. The third-order valence-corrected chi connectivity index (χ3v) is 5.73. The van der Waals surface area contributed by atoms with E-state index in [9.17, 15) is 32.8 Å². The average Bonchev–Trinajstić information content (AvgIpc) is 3.02. The maximum absolute atomic E-state index is 13.1. The van der Waals surface area contributed by atoms with E-state index in [2.05, 4.69) is 5.32 Å². The van der Waals surface area contributed by atoms with Gasteiger partial charge in [-0.3, -0.25) is 24.3 Å². The summed E-state index contributed by atoms with van der Waals surface area (Å²) in [5.41, 5.74) is 4.36. The molecule has 0 atom stereocenters. The number of hydrogen-bond acceptors (Lipinski definition) is 6. The van der Waals surface area contributed by atoms with Gasteiger partial charge in [0.1, 0.15) is 5.82 Å². The zero-order chi connectivity index (χ0) is 23.2. The number of benzene rings is 2. The molecule has 160 valence electrons. The maximum atomic E-state index is 13.1. The predicted molar refractivity (Wildman–Crippen MR) is 109 cm³/mol. The van der Waals surface area contributed by atoms with E-state index in [1.54, 1.807) is 0 Å². The molecular weight excluding hydrogens is 445 g/mol. The Morgan fingerprint density at radius 2 is 1.78 bits per heavy atom. The van der Waals surface area contributed by atoms with Crippen LogP contribution < -0.4 is 16.6 Å². The molecule has 0 unspecified atom stereocenters. The van der Waals surface area contributed by atoms with Crippen LogP contribution in [0.2, 0.25) is 0 Å². The molecule has 4 rings (SSSR count). The van der Waals surface area contributed by atoms with Gasteiger partial charge in [0, 0.05) is 15.9 Å². The van der Waals surface area contributed by atoms with Gasteiger partial charge in [-0.1, -0.05) is 17.8 Å². The lowest BCUT2D eigenvalue weighted by Crippen LogP contribution is -2.24. The second-order valence-electron chi connectivity index (χ2n) is 6.70. The van der Waals surface area contributed by atoms with Gasteiger partial charge in [0.25, 0.3) is 17.4 Å². The molecule has 0 radical (unpaired) electrons. The predicted octanol–water partition coefficient (Wildman–Crippen LogP) is 3.34. The lowest BCUT2D eigenvalue weighted by molar-refractivity contribution is -0.137. The maximum Gasteiger partial charge on any atom is 0.416 e. The van der Waals surface area contributed by atoms with Gasteiger partial charge in [0.2, 0.25) is 0 Å². The second kappa shape index (κ2) is 7.58. The van der Waals surface area contributed by atoms with Crippen molar-refractivity contribution in [2.24, 2.45) is 0 Å². The third-order valence-electron chi connectivity index (χ3n) is 4.67. The average molecular weight is 456 g/mol. The van der Waals surface area contributed by atoms with E-state index in [1.807, 2.05) is 6.07 Å². The standard InChI is InChI=1S/C21H11F3N4O3S/c22-21(23,24)11-2-1-3-12(7-11)32-15-5-4-10(9-25)6-14(15)28-16(29)8-13-17(18(28)26)20(31)27-19(13)30/h1-8H,26H2,(H,27,30,31).